The molecule has 0 spiro atoms. The molecule has 0 atom stereocenters. The molecular formula is C14H15F3N2O. The summed E-state index contributed by atoms with van der Waals surface area (Å²) in [6.07, 6.45) is -5.11. The summed E-state index contributed by atoms with van der Waals surface area (Å²) >= 11 is 0. The van der Waals surface area contributed by atoms with Crippen molar-refractivity contribution in [2.45, 2.75) is 25.6 Å². The number of ether oxygens (including phenoxy) is 1. The predicted octanol–water partition coefficient (Wildman–Crippen LogP) is 3.41. The van der Waals surface area contributed by atoms with Crippen LogP contribution in [0.4, 0.5) is 13.2 Å². The first-order chi connectivity index (χ1) is 9.49. The molecule has 1 aromatic heterocycles. The number of benzene rings is 1. The molecule has 0 aliphatic carbocycles. The third-order valence-corrected chi connectivity index (χ3v) is 2.81. The van der Waals surface area contributed by atoms with Crippen molar-refractivity contribution in [1.82, 2.24) is 4.98 Å². The smallest absolute Gasteiger partial charge is 0.389 e. The second kappa shape index (κ2) is 6.09. The molecule has 0 amide bonds. The molecule has 2 N–H and O–H groups in total. The van der Waals surface area contributed by atoms with E-state index in [1.54, 1.807) is 0 Å². The first-order valence-electron chi connectivity index (χ1n) is 6.28. The lowest BCUT2D eigenvalue weighted by Crippen LogP contribution is -2.10. The molecule has 0 bridgehead atoms. The first kappa shape index (κ1) is 14.6. The van der Waals surface area contributed by atoms with E-state index in [-0.39, 0.29) is 19.6 Å². The van der Waals surface area contributed by atoms with E-state index in [0.717, 1.165) is 10.8 Å². The Labute approximate surface area is 114 Å². The normalized spacial score (nSPS) is 11.8. The second-order valence-corrected chi connectivity index (χ2v) is 4.41. The van der Waals surface area contributed by atoms with Crippen LogP contribution in [0, 0.1) is 0 Å². The van der Waals surface area contributed by atoms with Gasteiger partial charge in [-0.15, -0.1) is 0 Å². The van der Waals surface area contributed by atoms with Crippen molar-refractivity contribution in [3.63, 3.8) is 0 Å². The van der Waals surface area contributed by atoms with Crippen LogP contribution in [0.3, 0.4) is 0 Å². The lowest BCUT2D eigenvalue weighted by atomic mass is 10.1. The average molecular weight is 284 g/mol. The van der Waals surface area contributed by atoms with Crippen LogP contribution < -0.4 is 10.5 Å². The summed E-state index contributed by atoms with van der Waals surface area (Å²) in [6, 6.07) is 9.25. The molecule has 20 heavy (non-hydrogen) atoms. The van der Waals surface area contributed by atoms with Crippen LogP contribution in [0.2, 0.25) is 0 Å². The topological polar surface area (TPSA) is 48.1 Å². The second-order valence-electron chi connectivity index (χ2n) is 4.41. The molecule has 1 aromatic carbocycles. The molecule has 6 heteroatoms. The van der Waals surface area contributed by atoms with Crippen LogP contribution in [0.1, 0.15) is 18.5 Å². The van der Waals surface area contributed by atoms with Crippen molar-refractivity contribution in [1.29, 1.82) is 0 Å². The molecule has 0 fully saturated rings. The van der Waals surface area contributed by atoms with E-state index in [2.05, 4.69) is 4.98 Å². The highest BCUT2D eigenvalue weighted by molar-refractivity contribution is 5.87. The minimum Gasteiger partial charge on any atom is -0.477 e. The Morgan fingerprint density at radius 1 is 1.20 bits per heavy atom. The van der Waals surface area contributed by atoms with E-state index in [9.17, 15) is 13.2 Å². The minimum atomic E-state index is -4.15. The van der Waals surface area contributed by atoms with Gasteiger partial charge < -0.3 is 10.5 Å². The fraction of sp³-hybridized carbons (Fsp3) is 0.357. The summed E-state index contributed by atoms with van der Waals surface area (Å²) < 4.78 is 41.6. The summed E-state index contributed by atoms with van der Waals surface area (Å²) in [7, 11) is 0. The van der Waals surface area contributed by atoms with Gasteiger partial charge in [0.15, 0.2) is 0 Å². The molecular weight excluding hydrogens is 269 g/mol. The van der Waals surface area contributed by atoms with Crippen LogP contribution in [0.5, 0.6) is 5.88 Å². The Morgan fingerprint density at radius 2 is 1.95 bits per heavy atom. The Balaban J connectivity index is 2.12. The van der Waals surface area contributed by atoms with E-state index in [1.807, 2.05) is 30.3 Å². The number of alkyl halides is 3. The van der Waals surface area contributed by atoms with Crippen molar-refractivity contribution in [3.05, 3.63) is 36.0 Å². The van der Waals surface area contributed by atoms with Gasteiger partial charge in [0.05, 0.1) is 12.3 Å². The lowest BCUT2D eigenvalue weighted by molar-refractivity contribution is -0.136. The molecule has 2 rings (SSSR count). The summed E-state index contributed by atoms with van der Waals surface area (Å²) in [5.41, 5.74) is 6.20. The summed E-state index contributed by atoms with van der Waals surface area (Å²) in [5, 5.41) is 1.69. The Bertz CT molecular complexity index is 584. The van der Waals surface area contributed by atoms with E-state index in [1.165, 1.54) is 0 Å². The zero-order valence-corrected chi connectivity index (χ0v) is 10.8. The third-order valence-electron chi connectivity index (χ3n) is 2.81. The molecule has 0 aliphatic heterocycles. The van der Waals surface area contributed by atoms with Crippen LogP contribution in [0.25, 0.3) is 10.8 Å². The van der Waals surface area contributed by atoms with Crippen LogP contribution in [-0.2, 0) is 6.54 Å². The van der Waals surface area contributed by atoms with Gasteiger partial charge in [0, 0.05) is 18.4 Å². The molecule has 3 nitrogen and oxygen atoms in total. The summed E-state index contributed by atoms with van der Waals surface area (Å²) in [4.78, 5) is 4.22. The van der Waals surface area contributed by atoms with Crippen molar-refractivity contribution in [2.24, 2.45) is 5.73 Å². The number of rotatable bonds is 5. The molecule has 108 valence electrons. The van der Waals surface area contributed by atoms with E-state index < -0.39 is 12.6 Å². The number of nitrogens with two attached hydrogens (primary N) is 1. The Morgan fingerprint density at radius 3 is 2.65 bits per heavy atom. The monoisotopic (exact) mass is 284 g/mol. The summed E-state index contributed by atoms with van der Waals surface area (Å²) in [5.74, 6) is 0.339. The molecule has 0 unspecified atom stereocenters. The maximum atomic E-state index is 12.1. The van der Waals surface area contributed by atoms with Gasteiger partial charge in [0.25, 0.3) is 0 Å². The van der Waals surface area contributed by atoms with Crippen molar-refractivity contribution >= 4 is 10.8 Å². The number of hydrogen-bond acceptors (Lipinski definition) is 3. The highest BCUT2D eigenvalue weighted by Gasteiger charge is 2.26. The Kier molecular flexibility index (Phi) is 4.44. The molecule has 1 heterocycles. The molecule has 2 aromatic rings. The third kappa shape index (κ3) is 3.84. The molecule has 0 saturated carbocycles. The van der Waals surface area contributed by atoms with Gasteiger partial charge in [-0.2, -0.15) is 13.2 Å². The zero-order chi connectivity index (χ0) is 14.6. The average Bonchev–Trinajstić information content (AvgIpc) is 2.42. The van der Waals surface area contributed by atoms with E-state index >= 15 is 0 Å². The van der Waals surface area contributed by atoms with Gasteiger partial charge in [-0.25, -0.2) is 4.98 Å². The number of pyridine rings is 1. The van der Waals surface area contributed by atoms with Crippen molar-refractivity contribution < 1.29 is 17.9 Å². The zero-order valence-electron chi connectivity index (χ0n) is 10.8. The minimum absolute atomic E-state index is 0.0233. The quantitative estimate of drug-likeness (QED) is 0.856. The van der Waals surface area contributed by atoms with Gasteiger partial charge in [0.1, 0.15) is 0 Å². The molecule has 0 saturated heterocycles. The highest BCUT2D eigenvalue weighted by atomic mass is 19.4. The number of hydrogen-bond donors (Lipinski definition) is 1. The number of halogens is 3. The predicted molar refractivity (Wildman–Crippen MR) is 70.4 cm³/mol. The first-order valence-corrected chi connectivity index (χ1v) is 6.28. The van der Waals surface area contributed by atoms with Crippen LogP contribution in [-0.4, -0.2) is 17.8 Å². The fourth-order valence-electron chi connectivity index (χ4n) is 1.88. The highest BCUT2D eigenvalue weighted by Crippen LogP contribution is 2.25. The maximum Gasteiger partial charge on any atom is 0.389 e. The van der Waals surface area contributed by atoms with E-state index in [4.69, 9.17) is 10.5 Å². The number of aromatic nitrogens is 1. The lowest BCUT2D eigenvalue weighted by Gasteiger charge is -2.11. The van der Waals surface area contributed by atoms with Gasteiger partial charge in [-0.3, -0.25) is 0 Å². The van der Waals surface area contributed by atoms with Crippen LogP contribution >= 0.6 is 0 Å². The fourth-order valence-corrected chi connectivity index (χ4v) is 1.88. The maximum absolute atomic E-state index is 12.1. The molecule has 0 aliphatic rings. The van der Waals surface area contributed by atoms with E-state index in [0.29, 0.717) is 11.6 Å². The summed E-state index contributed by atoms with van der Waals surface area (Å²) in [6.45, 7) is 0.230. The van der Waals surface area contributed by atoms with Crippen LogP contribution in [0.15, 0.2) is 30.3 Å². The Hall–Kier alpha value is -1.82. The van der Waals surface area contributed by atoms with Gasteiger partial charge in [-0.05, 0) is 23.9 Å². The molecule has 0 radical (unpaired) electrons. The van der Waals surface area contributed by atoms with Gasteiger partial charge in [0.2, 0.25) is 5.88 Å². The largest absolute Gasteiger partial charge is 0.477 e. The van der Waals surface area contributed by atoms with Gasteiger partial charge in [-0.1, -0.05) is 18.2 Å². The number of nitrogens with zero attached hydrogens (tertiary/aromatic N) is 1. The van der Waals surface area contributed by atoms with Gasteiger partial charge >= 0.3 is 6.18 Å². The van der Waals surface area contributed by atoms with Crippen molar-refractivity contribution in [2.75, 3.05) is 6.61 Å². The van der Waals surface area contributed by atoms with Crippen molar-refractivity contribution in [3.8, 4) is 5.88 Å². The number of fused-ring (bicyclic) bond motifs is 1. The SMILES string of the molecule is NCc1cc2ccccc2c(OCCCC(F)(F)F)n1. The standard InChI is InChI=1S/C14H15F3N2O/c15-14(16,17)6-3-7-20-13-12-5-2-1-4-10(12)8-11(9-18)19-13/h1-2,4-5,8H,3,6-7,9,18H2.